The average molecular weight is 368 g/mol. The van der Waals surface area contributed by atoms with Crippen molar-refractivity contribution in [3.8, 4) is 0 Å². The van der Waals surface area contributed by atoms with Crippen molar-refractivity contribution in [3.05, 3.63) is 40.3 Å². The van der Waals surface area contributed by atoms with Crippen LogP contribution >= 0.6 is 0 Å². The van der Waals surface area contributed by atoms with E-state index in [1.165, 1.54) is 0 Å². The average Bonchev–Trinajstić information content (AvgIpc) is 2.97. The van der Waals surface area contributed by atoms with E-state index in [0.717, 1.165) is 24.6 Å². The largest absolute Gasteiger partial charge is 0.342 e. The van der Waals surface area contributed by atoms with Crippen LogP contribution in [0.5, 0.6) is 0 Å². The Balaban J connectivity index is 1.54. The summed E-state index contributed by atoms with van der Waals surface area (Å²) in [5.41, 5.74) is 0.270. The van der Waals surface area contributed by atoms with Gasteiger partial charge in [0.05, 0.1) is 17.0 Å². The first kappa shape index (κ1) is 17.7. The highest BCUT2D eigenvalue weighted by atomic mass is 16.2. The number of amides is 2. The van der Waals surface area contributed by atoms with Crippen molar-refractivity contribution < 1.29 is 9.59 Å². The number of hydrogen-bond acceptors (Lipinski definition) is 4. The summed E-state index contributed by atoms with van der Waals surface area (Å²) in [6, 6.07) is 7.23. The molecule has 7 heteroatoms. The fourth-order valence-electron chi connectivity index (χ4n) is 4.53. The molecule has 1 unspecified atom stereocenters. The maximum Gasteiger partial charge on any atom is 0.272 e. The van der Waals surface area contributed by atoms with E-state index in [2.05, 4.69) is 10.2 Å². The molecule has 2 aromatic rings. The third-order valence-electron chi connectivity index (χ3n) is 6.40. The first-order valence-corrected chi connectivity index (χ1v) is 9.46. The third kappa shape index (κ3) is 2.81. The molecule has 2 aliphatic heterocycles. The number of nitrogens with one attached hydrogen (secondary N) is 1. The van der Waals surface area contributed by atoms with Crippen molar-refractivity contribution in [1.82, 2.24) is 20.0 Å². The molecular formula is C20H24N4O3. The van der Waals surface area contributed by atoms with Crippen LogP contribution in [0.3, 0.4) is 0 Å². The van der Waals surface area contributed by atoms with Crippen molar-refractivity contribution in [1.29, 1.82) is 0 Å². The maximum atomic E-state index is 13.1. The lowest BCUT2D eigenvalue weighted by Crippen LogP contribution is -2.53. The molecule has 27 heavy (non-hydrogen) atoms. The summed E-state index contributed by atoms with van der Waals surface area (Å²) in [5, 5.41) is 7.95. The molecule has 3 heterocycles. The second kappa shape index (κ2) is 6.48. The first-order valence-electron chi connectivity index (χ1n) is 9.46. The number of aromatic nitrogens is 2. The zero-order valence-corrected chi connectivity index (χ0v) is 15.7. The number of hydrogen-bond donors (Lipinski definition) is 1. The monoisotopic (exact) mass is 368 g/mol. The van der Waals surface area contributed by atoms with Gasteiger partial charge in [-0.25, -0.2) is 5.10 Å². The number of carbonyl (C=O) groups is 2. The van der Waals surface area contributed by atoms with Gasteiger partial charge in [-0.2, -0.15) is 5.10 Å². The van der Waals surface area contributed by atoms with Crippen LogP contribution in [0.2, 0.25) is 0 Å². The highest BCUT2D eigenvalue weighted by molar-refractivity contribution is 5.91. The summed E-state index contributed by atoms with van der Waals surface area (Å²) in [6.45, 7) is 3.12. The Kier molecular flexibility index (Phi) is 4.25. The summed E-state index contributed by atoms with van der Waals surface area (Å²) in [5.74, 6) is -0.225. The first-order chi connectivity index (χ1) is 12.9. The Hall–Kier alpha value is -2.70. The van der Waals surface area contributed by atoms with Gasteiger partial charge < -0.3 is 9.80 Å². The van der Waals surface area contributed by atoms with Gasteiger partial charge in [0.2, 0.25) is 11.8 Å². The van der Waals surface area contributed by atoms with Gasteiger partial charge in [0.25, 0.3) is 5.56 Å². The van der Waals surface area contributed by atoms with Crippen LogP contribution in [0.4, 0.5) is 0 Å². The van der Waals surface area contributed by atoms with E-state index >= 15 is 0 Å². The van der Waals surface area contributed by atoms with Crippen LogP contribution < -0.4 is 5.56 Å². The van der Waals surface area contributed by atoms with Crippen LogP contribution in [-0.4, -0.2) is 57.5 Å². The minimum Gasteiger partial charge on any atom is -0.342 e. The van der Waals surface area contributed by atoms with E-state index in [-0.39, 0.29) is 22.9 Å². The zero-order chi connectivity index (χ0) is 19.2. The molecule has 7 nitrogen and oxygen atoms in total. The molecule has 0 aliphatic carbocycles. The predicted octanol–water partition coefficient (Wildman–Crippen LogP) is 1.64. The molecule has 142 valence electrons. The molecule has 2 fully saturated rings. The lowest BCUT2D eigenvalue weighted by Gasteiger charge is -2.44. The molecule has 0 bridgehead atoms. The van der Waals surface area contributed by atoms with Gasteiger partial charge in [-0.1, -0.05) is 18.2 Å². The summed E-state index contributed by atoms with van der Waals surface area (Å²) in [6.07, 6.45) is 3.11. The molecule has 1 atom stereocenters. The standard InChI is InChI=1S/C20H24N4O3/c1-13(17-14-5-3-4-6-15(14)18(26)22-21-17)19(27)24-11-9-20(10-12-24)8-7-16(25)23(20)2/h3-6,13H,7-12H2,1-2H3,(H,22,26). The molecule has 2 saturated heterocycles. The number of aromatic amines is 1. The van der Waals surface area contributed by atoms with Crippen LogP contribution in [0, 0.1) is 0 Å². The molecule has 1 N–H and O–H groups in total. The van der Waals surface area contributed by atoms with Crippen LogP contribution in [0.25, 0.3) is 10.8 Å². The molecule has 0 saturated carbocycles. The molecular weight excluding hydrogens is 344 g/mol. The van der Waals surface area contributed by atoms with Crippen molar-refractivity contribution in [3.63, 3.8) is 0 Å². The Morgan fingerprint density at radius 3 is 2.44 bits per heavy atom. The van der Waals surface area contributed by atoms with E-state index in [1.807, 2.05) is 35.9 Å². The van der Waals surface area contributed by atoms with Crippen LogP contribution in [-0.2, 0) is 9.59 Å². The second-order valence-electron chi connectivity index (χ2n) is 7.71. The number of benzene rings is 1. The van der Waals surface area contributed by atoms with Crippen LogP contribution in [0.15, 0.2) is 29.1 Å². The van der Waals surface area contributed by atoms with Gasteiger partial charge in [-0.3, -0.25) is 14.4 Å². The van der Waals surface area contributed by atoms with Gasteiger partial charge in [0.1, 0.15) is 0 Å². The van der Waals surface area contributed by atoms with E-state index in [1.54, 1.807) is 12.1 Å². The minimum absolute atomic E-state index is 0.0153. The van der Waals surface area contributed by atoms with Gasteiger partial charge in [-0.05, 0) is 32.3 Å². The number of nitrogens with zero attached hydrogens (tertiary/aromatic N) is 3. The highest BCUT2D eigenvalue weighted by Crippen LogP contribution is 2.38. The third-order valence-corrected chi connectivity index (χ3v) is 6.40. The number of rotatable bonds is 2. The summed E-state index contributed by atoms with van der Waals surface area (Å²) >= 11 is 0. The minimum atomic E-state index is -0.441. The van der Waals surface area contributed by atoms with Crippen molar-refractivity contribution in [2.45, 2.75) is 44.1 Å². The van der Waals surface area contributed by atoms with Crippen LogP contribution in [0.1, 0.15) is 44.2 Å². The quantitative estimate of drug-likeness (QED) is 0.873. The van der Waals surface area contributed by atoms with E-state index in [4.69, 9.17) is 0 Å². The fourth-order valence-corrected chi connectivity index (χ4v) is 4.53. The molecule has 1 aromatic carbocycles. The Bertz CT molecular complexity index is 959. The fraction of sp³-hybridized carbons (Fsp3) is 0.500. The lowest BCUT2D eigenvalue weighted by molar-refractivity contribution is -0.136. The van der Waals surface area contributed by atoms with Gasteiger partial charge in [0.15, 0.2) is 0 Å². The van der Waals surface area contributed by atoms with Gasteiger partial charge in [0, 0.05) is 37.5 Å². The zero-order valence-electron chi connectivity index (χ0n) is 15.7. The summed E-state index contributed by atoms with van der Waals surface area (Å²) in [7, 11) is 1.88. The van der Waals surface area contributed by atoms with Crippen molar-refractivity contribution in [2.75, 3.05) is 20.1 Å². The molecule has 2 amide bonds. The highest BCUT2D eigenvalue weighted by Gasteiger charge is 2.45. The Labute approximate surface area is 157 Å². The maximum absolute atomic E-state index is 13.1. The topological polar surface area (TPSA) is 86.4 Å². The smallest absolute Gasteiger partial charge is 0.272 e. The Morgan fingerprint density at radius 1 is 1.15 bits per heavy atom. The molecule has 1 spiro atoms. The number of H-pyrrole nitrogens is 1. The van der Waals surface area contributed by atoms with E-state index in [0.29, 0.717) is 30.6 Å². The molecule has 0 radical (unpaired) electrons. The number of fused-ring (bicyclic) bond motifs is 1. The van der Waals surface area contributed by atoms with Crippen molar-refractivity contribution in [2.24, 2.45) is 0 Å². The number of likely N-dealkylation sites (tertiary alicyclic amines) is 2. The number of piperidine rings is 1. The Morgan fingerprint density at radius 2 is 1.81 bits per heavy atom. The summed E-state index contributed by atoms with van der Waals surface area (Å²) in [4.78, 5) is 40.7. The predicted molar refractivity (Wildman–Crippen MR) is 101 cm³/mol. The van der Waals surface area contributed by atoms with E-state index < -0.39 is 5.92 Å². The van der Waals surface area contributed by atoms with Gasteiger partial charge in [-0.15, -0.1) is 0 Å². The number of carbonyl (C=O) groups excluding carboxylic acids is 2. The van der Waals surface area contributed by atoms with Crippen molar-refractivity contribution >= 4 is 22.6 Å². The lowest BCUT2D eigenvalue weighted by atomic mass is 9.84. The normalized spacial score (nSPS) is 20.4. The molecule has 2 aliphatic rings. The second-order valence-corrected chi connectivity index (χ2v) is 7.71. The summed E-state index contributed by atoms with van der Waals surface area (Å²) < 4.78 is 0. The van der Waals surface area contributed by atoms with E-state index in [9.17, 15) is 14.4 Å². The SMILES string of the molecule is CC(C(=O)N1CCC2(CCC(=O)N2C)CC1)c1n[nH]c(=O)c2ccccc12. The molecule has 4 rings (SSSR count). The van der Waals surface area contributed by atoms with Gasteiger partial charge >= 0.3 is 0 Å². The molecule has 1 aromatic heterocycles.